The van der Waals surface area contributed by atoms with Crippen molar-refractivity contribution in [3.8, 4) is 0 Å². The van der Waals surface area contributed by atoms with Crippen LogP contribution < -0.4 is 9.62 Å². The number of aryl methyl sites for hydroxylation is 1. The average molecular weight is 378 g/mol. The minimum absolute atomic E-state index is 0.0189. The first-order valence-corrected chi connectivity index (χ1v) is 8.94. The molecule has 0 saturated heterocycles. The first-order chi connectivity index (χ1) is 10.7. The molecule has 0 fully saturated rings. The van der Waals surface area contributed by atoms with Crippen molar-refractivity contribution in [2.45, 2.75) is 6.92 Å². The Hall–Kier alpha value is -1.77. The number of aromatic nitrogens is 1. The normalized spacial score (nSPS) is 11.3. The van der Waals surface area contributed by atoms with E-state index >= 15 is 0 Å². The van der Waals surface area contributed by atoms with Crippen LogP contribution in [0.4, 0.5) is 11.5 Å². The zero-order valence-electron chi connectivity index (χ0n) is 12.2. The molecule has 0 unspecified atom stereocenters. The zero-order valence-corrected chi connectivity index (χ0v) is 14.5. The predicted octanol–water partition coefficient (Wildman–Crippen LogP) is 2.69. The molecule has 1 amide bonds. The highest BCUT2D eigenvalue weighted by Crippen LogP contribution is 2.29. The maximum atomic E-state index is 12.2. The van der Waals surface area contributed by atoms with Crippen molar-refractivity contribution in [2.75, 3.05) is 22.4 Å². The average Bonchev–Trinajstić information content (AvgIpc) is 2.85. The summed E-state index contributed by atoms with van der Waals surface area (Å²) in [6.07, 6.45) is 0.965. The zero-order chi connectivity index (χ0) is 17.2. The van der Waals surface area contributed by atoms with E-state index in [1.165, 1.54) is 6.07 Å². The molecule has 0 atom stereocenters. The summed E-state index contributed by atoms with van der Waals surface area (Å²) in [7, 11) is -3.73. The second-order valence-corrected chi connectivity index (χ2v) is 7.43. The topological polar surface area (TPSA) is 92.5 Å². The van der Waals surface area contributed by atoms with Gasteiger partial charge in [-0.1, -0.05) is 34.4 Å². The quantitative estimate of drug-likeness (QED) is 0.864. The molecule has 0 aliphatic heterocycles. The van der Waals surface area contributed by atoms with Crippen molar-refractivity contribution in [3.63, 3.8) is 0 Å². The van der Waals surface area contributed by atoms with E-state index in [1.807, 2.05) is 0 Å². The molecule has 7 nitrogen and oxygen atoms in total. The summed E-state index contributed by atoms with van der Waals surface area (Å²) in [5.74, 6) is -0.181. The van der Waals surface area contributed by atoms with Crippen LogP contribution in [0.1, 0.15) is 5.76 Å². The van der Waals surface area contributed by atoms with Crippen LogP contribution in [0.25, 0.3) is 0 Å². The fraction of sp³-hybridized carbons (Fsp3) is 0.231. The third-order valence-corrected chi connectivity index (χ3v) is 4.53. The SMILES string of the molecule is Cc1cc(N(CC(=O)Nc2c(Cl)cccc2Cl)S(C)(=O)=O)no1. The van der Waals surface area contributed by atoms with Crippen LogP contribution in [0.2, 0.25) is 10.0 Å². The van der Waals surface area contributed by atoms with Crippen LogP contribution in [0.3, 0.4) is 0 Å². The van der Waals surface area contributed by atoms with Crippen LogP contribution in [0, 0.1) is 6.92 Å². The first-order valence-electron chi connectivity index (χ1n) is 6.33. The Kier molecular flexibility index (Phi) is 5.18. The fourth-order valence-corrected chi connectivity index (χ4v) is 3.04. The van der Waals surface area contributed by atoms with Gasteiger partial charge in [0.25, 0.3) is 0 Å². The summed E-state index contributed by atoms with van der Waals surface area (Å²) in [5, 5.41) is 6.60. The number of rotatable bonds is 5. The smallest absolute Gasteiger partial charge is 0.245 e. The lowest BCUT2D eigenvalue weighted by atomic mass is 10.3. The number of nitrogens with one attached hydrogen (secondary N) is 1. The van der Waals surface area contributed by atoms with Gasteiger partial charge in [0.05, 0.1) is 22.0 Å². The minimum atomic E-state index is -3.73. The summed E-state index contributed by atoms with van der Waals surface area (Å²) < 4.78 is 29.4. The molecule has 0 spiro atoms. The molecule has 0 aliphatic rings. The summed E-state index contributed by atoms with van der Waals surface area (Å²) in [6, 6.07) is 6.15. The Bertz CT molecular complexity index is 815. The van der Waals surface area contributed by atoms with E-state index in [0.29, 0.717) is 5.76 Å². The number of para-hydroxylation sites is 1. The molecule has 23 heavy (non-hydrogen) atoms. The molecule has 124 valence electrons. The van der Waals surface area contributed by atoms with Crippen LogP contribution in [0.5, 0.6) is 0 Å². The molecule has 0 aliphatic carbocycles. The molecular formula is C13H13Cl2N3O4S. The molecule has 2 aromatic rings. The Morgan fingerprint density at radius 1 is 1.35 bits per heavy atom. The van der Waals surface area contributed by atoms with Gasteiger partial charge in [0.15, 0.2) is 5.82 Å². The van der Waals surface area contributed by atoms with E-state index in [0.717, 1.165) is 10.6 Å². The summed E-state index contributed by atoms with van der Waals surface area (Å²) in [5.41, 5.74) is 0.214. The summed E-state index contributed by atoms with van der Waals surface area (Å²) >= 11 is 11.9. The Balaban J connectivity index is 2.22. The molecule has 0 bridgehead atoms. The van der Waals surface area contributed by atoms with Gasteiger partial charge < -0.3 is 9.84 Å². The highest BCUT2D eigenvalue weighted by molar-refractivity contribution is 7.92. The lowest BCUT2D eigenvalue weighted by molar-refractivity contribution is -0.114. The van der Waals surface area contributed by atoms with Gasteiger partial charge in [-0.15, -0.1) is 0 Å². The van der Waals surface area contributed by atoms with Gasteiger partial charge in [0, 0.05) is 6.07 Å². The number of carbonyl (C=O) groups is 1. The molecular weight excluding hydrogens is 365 g/mol. The van der Waals surface area contributed by atoms with Crippen molar-refractivity contribution in [1.82, 2.24) is 5.16 Å². The van der Waals surface area contributed by atoms with Crippen molar-refractivity contribution < 1.29 is 17.7 Å². The lowest BCUT2D eigenvalue weighted by Crippen LogP contribution is -2.37. The van der Waals surface area contributed by atoms with Gasteiger partial charge >= 0.3 is 0 Å². The van der Waals surface area contributed by atoms with E-state index in [2.05, 4.69) is 10.5 Å². The highest BCUT2D eigenvalue weighted by atomic mass is 35.5. The number of benzene rings is 1. The largest absolute Gasteiger partial charge is 0.360 e. The molecule has 10 heteroatoms. The first kappa shape index (κ1) is 17.6. The number of hydrogen-bond donors (Lipinski definition) is 1. The van der Waals surface area contributed by atoms with E-state index < -0.39 is 22.5 Å². The molecule has 2 rings (SSSR count). The van der Waals surface area contributed by atoms with Crippen LogP contribution >= 0.6 is 23.2 Å². The number of halogens is 2. The maximum absolute atomic E-state index is 12.2. The number of sulfonamides is 1. The predicted molar refractivity (Wildman–Crippen MR) is 88.5 cm³/mol. The van der Waals surface area contributed by atoms with Gasteiger partial charge in [0.2, 0.25) is 15.9 Å². The van der Waals surface area contributed by atoms with Crippen molar-refractivity contribution in [3.05, 3.63) is 40.1 Å². The second-order valence-electron chi connectivity index (χ2n) is 4.71. The monoisotopic (exact) mass is 377 g/mol. The minimum Gasteiger partial charge on any atom is -0.360 e. The standard InChI is InChI=1S/C13H13Cl2N3O4S/c1-8-6-11(17-22-8)18(23(2,20)21)7-12(19)16-13-9(14)4-3-5-10(13)15/h3-6H,7H2,1-2H3,(H,16,19). The summed E-state index contributed by atoms with van der Waals surface area (Å²) in [6.45, 7) is 1.12. The molecule has 1 heterocycles. The van der Waals surface area contributed by atoms with Gasteiger partial charge in [-0.3, -0.25) is 4.79 Å². The Morgan fingerprint density at radius 2 is 1.96 bits per heavy atom. The lowest BCUT2D eigenvalue weighted by Gasteiger charge is -2.19. The van der Waals surface area contributed by atoms with E-state index in [9.17, 15) is 13.2 Å². The Morgan fingerprint density at radius 3 is 2.43 bits per heavy atom. The fourth-order valence-electron chi connectivity index (χ4n) is 1.77. The number of anilines is 2. The third kappa shape index (κ3) is 4.37. The van der Waals surface area contributed by atoms with Gasteiger partial charge in [-0.2, -0.15) is 0 Å². The van der Waals surface area contributed by atoms with E-state index in [-0.39, 0.29) is 21.6 Å². The van der Waals surface area contributed by atoms with Crippen molar-refractivity contribution in [1.29, 1.82) is 0 Å². The number of nitrogens with zero attached hydrogens (tertiary/aromatic N) is 2. The van der Waals surface area contributed by atoms with Crippen molar-refractivity contribution >= 4 is 50.6 Å². The number of carbonyl (C=O) groups excluding carboxylic acids is 1. The van der Waals surface area contributed by atoms with Crippen LogP contribution in [-0.4, -0.2) is 32.3 Å². The van der Waals surface area contributed by atoms with Gasteiger partial charge in [-0.25, -0.2) is 12.7 Å². The van der Waals surface area contributed by atoms with Crippen LogP contribution in [-0.2, 0) is 14.8 Å². The second kappa shape index (κ2) is 6.77. The molecule has 0 radical (unpaired) electrons. The van der Waals surface area contributed by atoms with E-state index in [4.69, 9.17) is 27.7 Å². The summed E-state index contributed by atoms with van der Waals surface area (Å²) in [4.78, 5) is 12.2. The molecule has 1 aromatic heterocycles. The van der Waals surface area contributed by atoms with E-state index in [1.54, 1.807) is 25.1 Å². The maximum Gasteiger partial charge on any atom is 0.245 e. The molecule has 1 N–H and O–H groups in total. The highest BCUT2D eigenvalue weighted by Gasteiger charge is 2.24. The van der Waals surface area contributed by atoms with Gasteiger partial charge in [0.1, 0.15) is 12.3 Å². The Labute approximate surface area is 143 Å². The number of hydrogen-bond acceptors (Lipinski definition) is 5. The third-order valence-electron chi connectivity index (χ3n) is 2.79. The molecule has 0 saturated carbocycles. The van der Waals surface area contributed by atoms with Crippen LogP contribution in [0.15, 0.2) is 28.8 Å². The molecule has 1 aromatic carbocycles. The number of amides is 1. The van der Waals surface area contributed by atoms with Crippen molar-refractivity contribution in [2.24, 2.45) is 0 Å². The van der Waals surface area contributed by atoms with Gasteiger partial charge in [-0.05, 0) is 19.1 Å².